The van der Waals surface area contributed by atoms with E-state index in [1.54, 1.807) is 32.9 Å². The molecule has 0 aliphatic carbocycles. The molecule has 2 rings (SSSR count). The van der Waals surface area contributed by atoms with Crippen molar-refractivity contribution in [1.82, 2.24) is 10.2 Å². The van der Waals surface area contributed by atoms with E-state index in [2.05, 4.69) is 22.9 Å². The van der Waals surface area contributed by atoms with Crippen molar-refractivity contribution in [2.24, 2.45) is 5.41 Å². The molecule has 228 valence electrons. The molecule has 1 heterocycles. The van der Waals surface area contributed by atoms with Crippen molar-refractivity contribution in [3.8, 4) is 5.75 Å². The Hall–Kier alpha value is -3.43. The SMILES string of the molecule is CCCCCCCCCCCC(=O)Nc1ccc(OC)c(NC(=O)C(C(=O)C(C)(C)C)N2C(=O)NC(C)(C)C2=O)c1. The Labute approximate surface area is 244 Å². The number of hydrogen-bond acceptors (Lipinski definition) is 6. The number of nitrogens with zero attached hydrogens (tertiary/aromatic N) is 1. The quantitative estimate of drug-likeness (QED) is 0.130. The zero-order chi connectivity index (χ0) is 30.8. The van der Waals surface area contributed by atoms with Crippen molar-refractivity contribution in [3.05, 3.63) is 18.2 Å². The van der Waals surface area contributed by atoms with Crippen molar-refractivity contribution in [1.29, 1.82) is 0 Å². The van der Waals surface area contributed by atoms with Gasteiger partial charge in [-0.3, -0.25) is 19.2 Å². The highest BCUT2D eigenvalue weighted by Crippen LogP contribution is 2.31. The topological polar surface area (TPSA) is 134 Å². The van der Waals surface area contributed by atoms with Gasteiger partial charge in [0.1, 0.15) is 11.3 Å². The molecule has 0 spiro atoms. The van der Waals surface area contributed by atoms with Crippen LogP contribution in [0, 0.1) is 5.41 Å². The first-order chi connectivity index (χ1) is 19.2. The fourth-order valence-electron chi connectivity index (χ4n) is 4.68. The minimum absolute atomic E-state index is 0.141. The lowest BCUT2D eigenvalue weighted by Crippen LogP contribution is -2.55. The molecule has 10 heteroatoms. The number of ether oxygens (including phenoxy) is 1. The largest absolute Gasteiger partial charge is 0.495 e. The summed E-state index contributed by atoms with van der Waals surface area (Å²) in [5, 5.41) is 8.02. The molecule has 0 radical (unpaired) electrons. The van der Waals surface area contributed by atoms with E-state index in [1.165, 1.54) is 65.5 Å². The summed E-state index contributed by atoms with van der Waals surface area (Å²) in [6.45, 7) is 10.1. The Morgan fingerprint density at radius 2 is 1.54 bits per heavy atom. The molecule has 1 aromatic carbocycles. The van der Waals surface area contributed by atoms with Gasteiger partial charge in [-0.1, -0.05) is 79.1 Å². The number of Topliss-reactive ketones (excluding diaryl/α,β-unsaturated/α-hetero) is 1. The van der Waals surface area contributed by atoms with Crippen LogP contribution < -0.4 is 20.7 Å². The Kier molecular flexibility index (Phi) is 12.3. The molecule has 1 fully saturated rings. The van der Waals surface area contributed by atoms with E-state index in [0.29, 0.717) is 17.0 Å². The summed E-state index contributed by atoms with van der Waals surface area (Å²) in [4.78, 5) is 65.9. The smallest absolute Gasteiger partial charge is 0.326 e. The Balaban J connectivity index is 2.09. The van der Waals surface area contributed by atoms with Crippen LogP contribution in [0.15, 0.2) is 18.2 Å². The number of imide groups is 1. The standard InChI is InChI=1S/C31H48N4O6/c1-8-9-10-11-12-13-14-15-16-17-24(36)32-21-18-19-23(41-7)22(20-21)33-27(38)25(26(37)30(2,3)4)35-28(39)31(5,6)34-29(35)40/h18-20,25H,8-17H2,1-7H3,(H,32,36)(H,33,38)(H,34,40). The molecule has 1 unspecified atom stereocenters. The van der Waals surface area contributed by atoms with Crippen LogP contribution in [0.5, 0.6) is 5.75 Å². The van der Waals surface area contributed by atoms with Gasteiger partial charge in [0.25, 0.3) is 11.8 Å². The van der Waals surface area contributed by atoms with Crippen molar-refractivity contribution in [2.45, 2.75) is 117 Å². The molecule has 41 heavy (non-hydrogen) atoms. The Bertz CT molecular complexity index is 1110. The molecule has 1 atom stereocenters. The molecule has 10 nitrogen and oxygen atoms in total. The van der Waals surface area contributed by atoms with Gasteiger partial charge in [0.2, 0.25) is 5.91 Å². The number of methoxy groups -OCH3 is 1. The van der Waals surface area contributed by atoms with Crippen molar-refractivity contribution in [2.75, 3.05) is 17.7 Å². The number of anilines is 2. The molecule has 0 aromatic heterocycles. The number of nitrogens with one attached hydrogen (secondary N) is 3. The van der Waals surface area contributed by atoms with E-state index in [-0.39, 0.29) is 17.3 Å². The van der Waals surface area contributed by atoms with Gasteiger partial charge in [-0.15, -0.1) is 0 Å². The van der Waals surface area contributed by atoms with Gasteiger partial charge in [-0.05, 0) is 38.5 Å². The van der Waals surface area contributed by atoms with Crippen LogP contribution in [0.25, 0.3) is 0 Å². The van der Waals surface area contributed by atoms with Gasteiger partial charge in [-0.25, -0.2) is 9.69 Å². The van der Waals surface area contributed by atoms with E-state index in [1.807, 2.05) is 0 Å². The highest BCUT2D eigenvalue weighted by molar-refractivity contribution is 6.20. The summed E-state index contributed by atoms with van der Waals surface area (Å²) in [5.41, 5.74) is -1.65. The number of unbranched alkanes of at least 4 members (excludes halogenated alkanes) is 8. The summed E-state index contributed by atoms with van der Waals surface area (Å²) in [6.07, 6.45) is 10.8. The van der Waals surface area contributed by atoms with Gasteiger partial charge in [0, 0.05) is 17.5 Å². The van der Waals surface area contributed by atoms with Crippen LogP contribution in [0.1, 0.15) is 106 Å². The maximum absolute atomic E-state index is 13.5. The maximum atomic E-state index is 13.5. The lowest BCUT2D eigenvalue weighted by Gasteiger charge is -2.29. The molecule has 5 amide bonds. The summed E-state index contributed by atoms with van der Waals surface area (Å²) in [6, 6.07) is 2.25. The summed E-state index contributed by atoms with van der Waals surface area (Å²) in [5.74, 6) is -1.99. The van der Waals surface area contributed by atoms with Crippen LogP contribution in [-0.4, -0.2) is 53.1 Å². The number of carbonyl (C=O) groups excluding carboxylic acids is 5. The van der Waals surface area contributed by atoms with E-state index in [0.717, 1.165) is 19.3 Å². The number of amides is 5. The third kappa shape index (κ3) is 9.57. The average Bonchev–Trinajstić information content (AvgIpc) is 3.09. The Morgan fingerprint density at radius 1 is 0.951 bits per heavy atom. The first-order valence-electron chi connectivity index (χ1n) is 14.7. The third-order valence-electron chi connectivity index (χ3n) is 7.13. The van der Waals surface area contributed by atoms with Gasteiger partial charge < -0.3 is 20.7 Å². The van der Waals surface area contributed by atoms with E-state index < -0.39 is 40.6 Å². The summed E-state index contributed by atoms with van der Waals surface area (Å²) >= 11 is 0. The molecule has 1 saturated heterocycles. The second kappa shape index (κ2) is 15.0. The van der Waals surface area contributed by atoms with Crippen molar-refractivity contribution < 1.29 is 28.7 Å². The van der Waals surface area contributed by atoms with Crippen LogP contribution in [0.2, 0.25) is 0 Å². The van der Waals surface area contributed by atoms with Gasteiger partial charge in [0.15, 0.2) is 11.8 Å². The number of rotatable bonds is 16. The number of ketones is 1. The fraction of sp³-hybridized carbons (Fsp3) is 0.645. The maximum Gasteiger partial charge on any atom is 0.326 e. The molecular formula is C31H48N4O6. The first-order valence-corrected chi connectivity index (χ1v) is 14.7. The third-order valence-corrected chi connectivity index (χ3v) is 7.13. The van der Waals surface area contributed by atoms with Crippen LogP contribution >= 0.6 is 0 Å². The van der Waals surface area contributed by atoms with E-state index in [9.17, 15) is 24.0 Å². The van der Waals surface area contributed by atoms with E-state index in [4.69, 9.17) is 4.74 Å². The predicted molar refractivity (Wildman–Crippen MR) is 160 cm³/mol. The Morgan fingerprint density at radius 3 is 2.05 bits per heavy atom. The fourth-order valence-corrected chi connectivity index (χ4v) is 4.68. The highest BCUT2D eigenvalue weighted by Gasteiger charge is 2.53. The lowest BCUT2D eigenvalue weighted by atomic mass is 9.85. The molecule has 0 bridgehead atoms. The second-order valence-electron chi connectivity index (χ2n) is 12.3. The average molecular weight is 573 g/mol. The molecule has 1 aliphatic heterocycles. The minimum Gasteiger partial charge on any atom is -0.495 e. The van der Waals surface area contributed by atoms with Crippen LogP contribution in [0.4, 0.5) is 16.2 Å². The van der Waals surface area contributed by atoms with Gasteiger partial charge in [0.05, 0.1) is 12.8 Å². The van der Waals surface area contributed by atoms with Crippen molar-refractivity contribution in [3.63, 3.8) is 0 Å². The lowest BCUT2D eigenvalue weighted by molar-refractivity contribution is -0.144. The monoisotopic (exact) mass is 572 g/mol. The number of benzene rings is 1. The minimum atomic E-state index is -1.70. The highest BCUT2D eigenvalue weighted by atomic mass is 16.5. The summed E-state index contributed by atoms with van der Waals surface area (Å²) < 4.78 is 5.38. The number of carbonyl (C=O) groups is 5. The van der Waals surface area contributed by atoms with Gasteiger partial charge >= 0.3 is 6.03 Å². The second-order valence-corrected chi connectivity index (χ2v) is 12.3. The molecule has 0 saturated carbocycles. The molecular weight excluding hydrogens is 524 g/mol. The number of hydrogen-bond donors (Lipinski definition) is 3. The van der Waals surface area contributed by atoms with Crippen LogP contribution in [0.3, 0.4) is 0 Å². The van der Waals surface area contributed by atoms with E-state index >= 15 is 0 Å². The molecule has 1 aliphatic rings. The number of urea groups is 1. The first kappa shape index (κ1) is 33.8. The van der Waals surface area contributed by atoms with Crippen molar-refractivity contribution >= 4 is 40.9 Å². The molecule has 3 N–H and O–H groups in total. The van der Waals surface area contributed by atoms with Crippen LogP contribution in [-0.2, 0) is 19.2 Å². The summed E-state index contributed by atoms with van der Waals surface area (Å²) in [7, 11) is 1.42. The normalized spacial score (nSPS) is 15.3. The zero-order valence-electron chi connectivity index (χ0n) is 25.8. The molecule has 1 aromatic rings. The zero-order valence-corrected chi connectivity index (χ0v) is 25.8. The van der Waals surface area contributed by atoms with Gasteiger partial charge in [-0.2, -0.15) is 0 Å². The predicted octanol–water partition coefficient (Wildman–Crippen LogP) is 5.81.